The number of aliphatic imine (C=N–C) groups is 1. The van der Waals surface area contributed by atoms with Gasteiger partial charge in [0.2, 0.25) is 0 Å². The summed E-state index contributed by atoms with van der Waals surface area (Å²) < 4.78 is 5.01. The Kier molecular flexibility index (Phi) is 6.27. The van der Waals surface area contributed by atoms with E-state index in [2.05, 4.69) is 15.3 Å². The zero-order chi connectivity index (χ0) is 17.4. The number of carbonyl (C=O) groups is 1. The number of nitrogens with zero attached hydrogens (tertiary/aromatic N) is 2. The number of aromatic nitrogens is 1. The molecule has 24 heavy (non-hydrogen) atoms. The molecule has 0 unspecified atom stereocenters. The minimum absolute atomic E-state index is 0.662. The number of nitrogens with two attached hydrogens (primary N) is 1. The molecule has 7 heteroatoms. The van der Waals surface area contributed by atoms with Crippen LogP contribution in [0.3, 0.4) is 0 Å². The van der Waals surface area contributed by atoms with Gasteiger partial charge in [0, 0.05) is 30.0 Å². The van der Waals surface area contributed by atoms with Crippen LogP contribution in [0.2, 0.25) is 0 Å². The number of thiophene rings is 1. The quantitative estimate of drug-likeness (QED) is 0.430. The van der Waals surface area contributed by atoms with E-state index in [1.165, 1.54) is 11.3 Å². The molecule has 3 aromatic rings. The first-order valence-corrected chi connectivity index (χ1v) is 7.90. The minimum atomic E-state index is 0.662. The van der Waals surface area contributed by atoms with Crippen molar-refractivity contribution in [3.8, 4) is 5.75 Å². The lowest BCUT2D eigenvalue weighted by atomic mass is 10.3. The number of hydrogen-bond acceptors (Lipinski definition) is 6. The maximum absolute atomic E-state index is 10.4. The normalized spacial score (nSPS) is 10.2. The fourth-order valence-corrected chi connectivity index (χ4v) is 2.71. The summed E-state index contributed by atoms with van der Waals surface area (Å²) >= 11 is 1.35. The first kappa shape index (κ1) is 17.4. The molecule has 0 aliphatic heterocycles. The number of aldehydes is 1. The molecule has 2 heterocycles. The Morgan fingerprint density at radius 1 is 1.29 bits per heavy atom. The molecule has 0 fully saturated rings. The van der Waals surface area contributed by atoms with Crippen LogP contribution in [0.15, 0.2) is 47.6 Å². The zero-order valence-electron chi connectivity index (χ0n) is 13.4. The van der Waals surface area contributed by atoms with Crippen molar-refractivity contribution < 1.29 is 9.53 Å². The molecule has 0 saturated heterocycles. The van der Waals surface area contributed by atoms with Gasteiger partial charge in [0.1, 0.15) is 10.6 Å². The Morgan fingerprint density at radius 3 is 2.62 bits per heavy atom. The Labute approximate surface area is 144 Å². The lowest BCUT2D eigenvalue weighted by Crippen LogP contribution is -1.93. The van der Waals surface area contributed by atoms with E-state index in [1.807, 2.05) is 24.3 Å². The predicted octanol–water partition coefficient (Wildman–Crippen LogP) is 3.46. The van der Waals surface area contributed by atoms with Crippen LogP contribution in [-0.4, -0.2) is 31.8 Å². The van der Waals surface area contributed by atoms with E-state index >= 15 is 0 Å². The molecular formula is C17H18N4O2S. The van der Waals surface area contributed by atoms with Crippen molar-refractivity contribution in [1.29, 1.82) is 0 Å². The molecule has 0 amide bonds. The summed E-state index contributed by atoms with van der Waals surface area (Å²) in [6.45, 7) is 0. The highest BCUT2D eigenvalue weighted by Crippen LogP contribution is 2.26. The number of ether oxygens (including phenoxy) is 1. The molecule has 0 saturated carbocycles. The van der Waals surface area contributed by atoms with E-state index in [0.29, 0.717) is 10.6 Å². The number of hydrogen-bond donors (Lipinski definition) is 2. The maximum Gasteiger partial charge on any atom is 0.160 e. The Hall–Kier alpha value is -2.93. The molecular weight excluding hydrogens is 324 g/mol. The smallest absolute Gasteiger partial charge is 0.160 e. The highest BCUT2D eigenvalue weighted by molar-refractivity contribution is 7.20. The summed E-state index contributed by atoms with van der Waals surface area (Å²) in [5.41, 5.74) is 7.35. The molecule has 124 valence electrons. The predicted molar refractivity (Wildman–Crippen MR) is 100 cm³/mol. The zero-order valence-corrected chi connectivity index (χ0v) is 14.2. The van der Waals surface area contributed by atoms with Crippen LogP contribution in [0.1, 0.15) is 9.67 Å². The largest absolute Gasteiger partial charge is 0.497 e. The third kappa shape index (κ3) is 4.53. The van der Waals surface area contributed by atoms with Crippen LogP contribution >= 0.6 is 11.3 Å². The molecule has 1 aromatic carbocycles. The van der Waals surface area contributed by atoms with Crippen molar-refractivity contribution in [2.75, 3.05) is 25.2 Å². The maximum atomic E-state index is 10.4. The summed E-state index contributed by atoms with van der Waals surface area (Å²) in [6, 6.07) is 11.1. The number of pyridine rings is 1. The van der Waals surface area contributed by atoms with E-state index < -0.39 is 0 Å². The number of carbonyl (C=O) groups excluding carboxylic acids is 1. The highest BCUT2D eigenvalue weighted by atomic mass is 32.1. The van der Waals surface area contributed by atoms with E-state index in [0.717, 1.165) is 27.9 Å². The molecule has 0 spiro atoms. The van der Waals surface area contributed by atoms with Gasteiger partial charge in [-0.1, -0.05) is 0 Å². The van der Waals surface area contributed by atoms with Crippen molar-refractivity contribution in [3.05, 3.63) is 47.5 Å². The second-order valence-corrected chi connectivity index (χ2v) is 5.71. The third-order valence-electron chi connectivity index (χ3n) is 3.05. The minimum Gasteiger partial charge on any atom is -0.497 e. The van der Waals surface area contributed by atoms with Crippen molar-refractivity contribution in [2.24, 2.45) is 4.99 Å². The van der Waals surface area contributed by atoms with Crippen molar-refractivity contribution in [1.82, 2.24) is 4.98 Å². The van der Waals surface area contributed by atoms with Crippen LogP contribution in [-0.2, 0) is 0 Å². The van der Waals surface area contributed by atoms with E-state index in [9.17, 15) is 4.79 Å². The van der Waals surface area contributed by atoms with E-state index in [4.69, 9.17) is 10.5 Å². The van der Waals surface area contributed by atoms with Gasteiger partial charge in [0.15, 0.2) is 6.29 Å². The second kappa shape index (κ2) is 8.64. The summed E-state index contributed by atoms with van der Waals surface area (Å²) in [7, 11) is 3.37. The summed E-state index contributed by atoms with van der Waals surface area (Å²) in [5.74, 6) is 0.856. The van der Waals surface area contributed by atoms with Gasteiger partial charge in [-0.2, -0.15) is 0 Å². The van der Waals surface area contributed by atoms with Crippen LogP contribution in [0.25, 0.3) is 10.2 Å². The van der Waals surface area contributed by atoms with Crippen LogP contribution in [0, 0.1) is 0 Å². The van der Waals surface area contributed by atoms with Crippen LogP contribution < -0.4 is 15.8 Å². The van der Waals surface area contributed by atoms with Gasteiger partial charge in [-0.25, -0.2) is 4.98 Å². The topological polar surface area (TPSA) is 89.6 Å². The van der Waals surface area contributed by atoms with Gasteiger partial charge in [-0.15, -0.1) is 11.3 Å². The number of methoxy groups -OCH3 is 1. The van der Waals surface area contributed by atoms with Crippen molar-refractivity contribution in [2.45, 2.75) is 0 Å². The lowest BCUT2D eigenvalue weighted by molar-refractivity contribution is 0.112. The van der Waals surface area contributed by atoms with Gasteiger partial charge < -0.3 is 15.8 Å². The molecule has 0 bridgehead atoms. The van der Waals surface area contributed by atoms with Gasteiger partial charge in [-0.3, -0.25) is 9.79 Å². The second-order valence-electron chi connectivity index (χ2n) is 4.65. The number of rotatable bonds is 4. The SMILES string of the molecule is CN=CNc1ccc(OC)cc1.Nc1ccnc2sc(C=O)cc12. The summed E-state index contributed by atoms with van der Waals surface area (Å²) in [5, 5.41) is 3.86. The number of nitrogens with one attached hydrogen (secondary N) is 1. The average Bonchev–Trinajstić information content (AvgIpc) is 3.06. The van der Waals surface area contributed by atoms with Crippen LogP contribution in [0.4, 0.5) is 11.4 Å². The molecule has 3 N–H and O–H groups in total. The van der Waals surface area contributed by atoms with Crippen molar-refractivity contribution in [3.63, 3.8) is 0 Å². The molecule has 0 atom stereocenters. The van der Waals surface area contributed by atoms with Gasteiger partial charge in [0.25, 0.3) is 0 Å². The molecule has 0 aliphatic rings. The average molecular weight is 342 g/mol. The van der Waals surface area contributed by atoms with E-state index in [1.54, 1.807) is 38.8 Å². The Morgan fingerprint density at radius 2 is 2.04 bits per heavy atom. The highest BCUT2D eigenvalue weighted by Gasteiger charge is 2.03. The van der Waals surface area contributed by atoms with Crippen LogP contribution in [0.5, 0.6) is 5.75 Å². The molecule has 3 rings (SSSR count). The summed E-state index contributed by atoms with van der Waals surface area (Å²) in [4.78, 5) is 19.8. The third-order valence-corrected chi connectivity index (χ3v) is 4.02. The standard InChI is InChI=1S/C9H12N2O.C8H6N2OS/c1-10-7-11-8-3-5-9(12-2)6-4-8;9-7-1-2-10-8-6(7)3-5(4-11)12-8/h3-7H,1-2H3,(H,10,11);1-4H,(H2,9,10). The number of anilines is 2. The lowest BCUT2D eigenvalue weighted by Gasteiger charge is -2.01. The number of fused-ring (bicyclic) bond motifs is 1. The number of nitrogen functional groups attached to an aromatic ring is 1. The first-order chi connectivity index (χ1) is 11.7. The van der Waals surface area contributed by atoms with Gasteiger partial charge >= 0.3 is 0 Å². The fraction of sp³-hybridized carbons (Fsp3) is 0.118. The monoisotopic (exact) mass is 342 g/mol. The Bertz CT molecular complexity index is 828. The van der Waals surface area contributed by atoms with E-state index in [-0.39, 0.29) is 0 Å². The molecule has 0 radical (unpaired) electrons. The van der Waals surface area contributed by atoms with Gasteiger partial charge in [0.05, 0.1) is 18.3 Å². The van der Waals surface area contributed by atoms with Crippen molar-refractivity contribution >= 4 is 45.6 Å². The van der Waals surface area contributed by atoms with Gasteiger partial charge in [-0.05, 0) is 36.4 Å². The molecule has 6 nitrogen and oxygen atoms in total. The molecule has 2 aromatic heterocycles. The first-order valence-electron chi connectivity index (χ1n) is 7.08. The fourth-order valence-electron chi connectivity index (χ4n) is 1.86. The number of benzene rings is 1. The molecule has 0 aliphatic carbocycles. The summed E-state index contributed by atoms with van der Waals surface area (Å²) in [6.07, 6.45) is 4.09. The Balaban J connectivity index is 0.000000174.